The van der Waals surface area contributed by atoms with Crippen LogP contribution in [0.2, 0.25) is 0 Å². The first-order valence-electron chi connectivity index (χ1n) is 9.08. The molecule has 0 amide bonds. The average Bonchev–Trinajstić information content (AvgIpc) is 2.98. The van der Waals surface area contributed by atoms with Crippen molar-refractivity contribution < 1.29 is 9.50 Å². The number of rotatable bonds is 1. The standard InChI is InChI=1S/C22H25FN2O/c1-11-10-24-20-14(11)7-6-8-15(20)17-9-16-12(2)21(26)22(4,5)25-19(16)13(3)18(17)23/h6-10,12,21,24-26H,1-5H3/t12-,21+/m0/s1. The highest BCUT2D eigenvalue weighted by Crippen LogP contribution is 2.44. The second kappa shape index (κ2) is 5.58. The Morgan fingerprint density at radius 2 is 1.88 bits per heavy atom. The quantitative estimate of drug-likeness (QED) is 0.559. The third-order valence-corrected chi connectivity index (χ3v) is 5.89. The number of aryl methyl sites for hydroxylation is 1. The van der Waals surface area contributed by atoms with Gasteiger partial charge in [-0.15, -0.1) is 0 Å². The average molecular weight is 352 g/mol. The molecule has 0 fully saturated rings. The summed E-state index contributed by atoms with van der Waals surface area (Å²) >= 11 is 0. The maximum atomic E-state index is 15.4. The lowest BCUT2D eigenvalue weighted by molar-refractivity contribution is 0.0868. The number of benzene rings is 2. The Morgan fingerprint density at radius 3 is 2.62 bits per heavy atom. The van der Waals surface area contributed by atoms with E-state index in [0.29, 0.717) is 11.1 Å². The van der Waals surface area contributed by atoms with Gasteiger partial charge in [0.25, 0.3) is 0 Å². The van der Waals surface area contributed by atoms with Crippen LogP contribution in [0.5, 0.6) is 0 Å². The molecule has 0 aliphatic carbocycles. The molecule has 3 nitrogen and oxygen atoms in total. The van der Waals surface area contributed by atoms with Crippen LogP contribution in [0.25, 0.3) is 22.0 Å². The van der Waals surface area contributed by atoms with Crippen LogP contribution < -0.4 is 5.32 Å². The minimum Gasteiger partial charge on any atom is -0.390 e. The maximum Gasteiger partial charge on any atom is 0.136 e. The molecule has 1 aromatic heterocycles. The predicted molar refractivity (Wildman–Crippen MR) is 105 cm³/mol. The van der Waals surface area contributed by atoms with E-state index in [-0.39, 0.29) is 11.7 Å². The van der Waals surface area contributed by atoms with Crippen LogP contribution in [-0.4, -0.2) is 21.7 Å². The normalized spacial score (nSPS) is 21.5. The van der Waals surface area contributed by atoms with Gasteiger partial charge in [0.2, 0.25) is 0 Å². The van der Waals surface area contributed by atoms with E-state index < -0.39 is 11.6 Å². The summed E-state index contributed by atoms with van der Waals surface area (Å²) in [4.78, 5) is 3.28. The van der Waals surface area contributed by atoms with Gasteiger partial charge in [0.05, 0.1) is 17.2 Å². The molecule has 0 saturated carbocycles. The third kappa shape index (κ3) is 2.28. The van der Waals surface area contributed by atoms with Gasteiger partial charge < -0.3 is 15.4 Å². The highest BCUT2D eigenvalue weighted by molar-refractivity contribution is 5.96. The SMILES string of the molecule is Cc1c(F)c(-c2cccc3c(C)c[nH]c23)cc2c1NC(C)(C)[C@H](O)[C@H]2C. The van der Waals surface area contributed by atoms with Gasteiger partial charge in [-0.2, -0.15) is 0 Å². The number of halogens is 1. The summed E-state index contributed by atoms with van der Waals surface area (Å²) in [5.41, 5.74) is 5.39. The number of nitrogens with one attached hydrogen (secondary N) is 2. The Kier molecular flexibility index (Phi) is 3.67. The van der Waals surface area contributed by atoms with E-state index in [1.807, 2.05) is 65.1 Å². The fourth-order valence-corrected chi connectivity index (χ4v) is 4.25. The van der Waals surface area contributed by atoms with Gasteiger partial charge in [0.1, 0.15) is 5.82 Å². The molecule has 136 valence electrons. The number of hydrogen-bond donors (Lipinski definition) is 3. The fraction of sp³-hybridized carbons (Fsp3) is 0.364. The van der Waals surface area contributed by atoms with Gasteiger partial charge in [-0.3, -0.25) is 0 Å². The molecule has 0 saturated heterocycles. The van der Waals surface area contributed by atoms with E-state index in [1.54, 1.807) is 0 Å². The molecule has 4 heteroatoms. The van der Waals surface area contributed by atoms with Crippen molar-refractivity contribution in [1.82, 2.24) is 4.98 Å². The van der Waals surface area contributed by atoms with Crippen molar-refractivity contribution in [3.63, 3.8) is 0 Å². The van der Waals surface area contributed by atoms with Gasteiger partial charge in [-0.05, 0) is 44.9 Å². The molecule has 0 unspecified atom stereocenters. The summed E-state index contributed by atoms with van der Waals surface area (Å²) in [7, 11) is 0. The molecule has 2 atom stereocenters. The second-order valence-corrected chi connectivity index (χ2v) is 8.11. The minimum absolute atomic E-state index is 0.0797. The van der Waals surface area contributed by atoms with Crippen LogP contribution >= 0.6 is 0 Å². The Morgan fingerprint density at radius 1 is 1.15 bits per heavy atom. The van der Waals surface area contributed by atoms with Gasteiger partial charge in [-0.25, -0.2) is 4.39 Å². The number of aliphatic hydroxyl groups excluding tert-OH is 1. The zero-order chi connectivity index (χ0) is 18.8. The molecule has 2 aromatic carbocycles. The summed E-state index contributed by atoms with van der Waals surface area (Å²) in [5.74, 6) is -0.292. The third-order valence-electron chi connectivity index (χ3n) is 5.89. The van der Waals surface area contributed by atoms with Crippen molar-refractivity contribution in [2.45, 2.75) is 52.2 Å². The summed E-state index contributed by atoms with van der Waals surface area (Å²) < 4.78 is 15.4. The topological polar surface area (TPSA) is 48.0 Å². The molecule has 1 aliphatic heterocycles. The minimum atomic E-state index is -0.545. The molecule has 0 bridgehead atoms. The zero-order valence-electron chi connectivity index (χ0n) is 15.9. The number of H-pyrrole nitrogens is 1. The molecule has 3 aromatic rings. The molecule has 26 heavy (non-hydrogen) atoms. The largest absolute Gasteiger partial charge is 0.390 e. The molecule has 4 rings (SSSR count). The molecule has 1 aliphatic rings. The van der Waals surface area contributed by atoms with Gasteiger partial charge in [-0.1, -0.05) is 25.1 Å². The van der Waals surface area contributed by atoms with Crippen molar-refractivity contribution in [2.24, 2.45) is 0 Å². The van der Waals surface area contributed by atoms with Crippen LogP contribution in [0.3, 0.4) is 0 Å². The summed E-state index contributed by atoms with van der Waals surface area (Å²) in [6, 6.07) is 7.86. The number of aromatic amines is 1. The summed E-state index contributed by atoms with van der Waals surface area (Å²) in [6.45, 7) is 9.76. The molecular formula is C22H25FN2O. The van der Waals surface area contributed by atoms with Crippen molar-refractivity contribution >= 4 is 16.6 Å². The number of anilines is 1. The molecule has 0 radical (unpaired) electrons. The van der Waals surface area contributed by atoms with Crippen LogP contribution in [0.1, 0.15) is 43.4 Å². The Hall–Kier alpha value is -2.33. The fourth-order valence-electron chi connectivity index (χ4n) is 4.25. The van der Waals surface area contributed by atoms with Crippen molar-refractivity contribution in [3.05, 3.63) is 53.0 Å². The second-order valence-electron chi connectivity index (χ2n) is 8.11. The number of aliphatic hydroxyl groups is 1. The van der Waals surface area contributed by atoms with Crippen LogP contribution in [0.15, 0.2) is 30.5 Å². The highest BCUT2D eigenvalue weighted by atomic mass is 19.1. The Balaban J connectivity index is 1.99. The molecule has 3 N–H and O–H groups in total. The Labute approximate surface area is 153 Å². The summed E-state index contributed by atoms with van der Waals surface area (Å²) in [5, 5.41) is 15.1. The van der Waals surface area contributed by atoms with Gasteiger partial charge in [0.15, 0.2) is 0 Å². The predicted octanol–water partition coefficient (Wildman–Crippen LogP) is 5.26. The van der Waals surface area contributed by atoms with Gasteiger partial charge >= 0.3 is 0 Å². The molecular weight excluding hydrogens is 327 g/mol. The molecule has 0 spiro atoms. The lowest BCUT2D eigenvalue weighted by atomic mass is 9.77. The number of para-hydroxylation sites is 1. The first-order chi connectivity index (χ1) is 12.2. The number of fused-ring (bicyclic) bond motifs is 2. The smallest absolute Gasteiger partial charge is 0.136 e. The number of hydrogen-bond acceptors (Lipinski definition) is 2. The zero-order valence-corrected chi connectivity index (χ0v) is 15.9. The van der Waals surface area contributed by atoms with Crippen LogP contribution in [-0.2, 0) is 0 Å². The van der Waals surface area contributed by atoms with Crippen molar-refractivity contribution in [1.29, 1.82) is 0 Å². The molecule has 2 heterocycles. The van der Waals surface area contributed by atoms with Crippen molar-refractivity contribution in [3.8, 4) is 11.1 Å². The van der Waals surface area contributed by atoms with Crippen molar-refractivity contribution in [2.75, 3.05) is 5.32 Å². The first-order valence-corrected chi connectivity index (χ1v) is 9.08. The van der Waals surface area contributed by atoms with E-state index >= 15 is 4.39 Å². The maximum absolute atomic E-state index is 15.4. The van der Waals surface area contributed by atoms with Gasteiger partial charge in [0, 0.05) is 39.9 Å². The van der Waals surface area contributed by atoms with E-state index in [0.717, 1.165) is 33.3 Å². The van der Waals surface area contributed by atoms with E-state index in [4.69, 9.17) is 0 Å². The van der Waals surface area contributed by atoms with E-state index in [1.165, 1.54) is 0 Å². The lowest BCUT2D eigenvalue weighted by Crippen LogP contribution is -2.50. The summed E-state index contributed by atoms with van der Waals surface area (Å²) in [6.07, 6.45) is 1.41. The first kappa shape index (κ1) is 17.1. The van der Waals surface area contributed by atoms with Crippen LogP contribution in [0.4, 0.5) is 10.1 Å². The monoisotopic (exact) mass is 352 g/mol. The highest BCUT2D eigenvalue weighted by Gasteiger charge is 2.40. The lowest BCUT2D eigenvalue weighted by Gasteiger charge is -2.43. The van der Waals surface area contributed by atoms with E-state index in [9.17, 15) is 5.11 Å². The number of aromatic nitrogens is 1. The Bertz CT molecular complexity index is 1020. The van der Waals surface area contributed by atoms with E-state index in [2.05, 4.69) is 10.3 Å². The van der Waals surface area contributed by atoms with Crippen LogP contribution in [0, 0.1) is 19.7 Å².